The summed E-state index contributed by atoms with van der Waals surface area (Å²) in [7, 11) is 0. The fraction of sp³-hybridized carbons (Fsp3) is 0.314. The minimum atomic E-state index is -1.29. The lowest BCUT2D eigenvalue weighted by Gasteiger charge is -2.23. The molecule has 15 aromatic rings. The van der Waals surface area contributed by atoms with Gasteiger partial charge in [0.2, 0.25) is 11.4 Å². The van der Waals surface area contributed by atoms with E-state index >= 15 is 0 Å². The number of nitrogens with two attached hydrogens (primary N) is 3. The number of rotatable bonds is 12. The van der Waals surface area contributed by atoms with Gasteiger partial charge in [-0.3, -0.25) is 52.7 Å². The maximum Gasteiger partial charge on any atom is 0.369 e. The van der Waals surface area contributed by atoms with Crippen molar-refractivity contribution in [3.05, 3.63) is 289 Å². The molecule has 10 atom stereocenters. The summed E-state index contributed by atoms with van der Waals surface area (Å²) in [5.41, 5.74) is 11.2. The molecular weight excluding hydrogens is 2080 g/mol. The fourth-order valence-corrected chi connectivity index (χ4v) is 16.4. The number of amides is 3. The molecule has 33 nitrogen and oxygen atoms in total. The Morgan fingerprint density at radius 3 is 1.50 bits per heavy atom. The van der Waals surface area contributed by atoms with E-state index in [1.165, 1.54) is 114 Å². The van der Waals surface area contributed by atoms with Crippen LogP contribution in [0.2, 0.25) is 0 Å². The molecule has 21 rings (SSSR count). The average Bonchev–Trinajstić information content (AvgIpc) is 1.66. The zero-order valence-corrected chi connectivity index (χ0v) is 85.0. The van der Waals surface area contributed by atoms with Crippen LogP contribution in [0.5, 0.6) is 0 Å². The number of alkyl halides is 5. The highest BCUT2D eigenvalue weighted by atomic mass is 35.5. The predicted octanol–water partition coefficient (Wildman–Crippen LogP) is 11.2. The number of primary amides is 2. The number of nitrogen functional groups attached to an aromatic ring is 1. The zero-order valence-electron chi connectivity index (χ0n) is 74.2. The van der Waals surface area contributed by atoms with Crippen LogP contribution in [0.1, 0.15) is 145 Å². The Hall–Kier alpha value is -10.9. The Labute approximate surface area is 871 Å². The highest BCUT2D eigenvalue weighted by Gasteiger charge is 2.44. The first kappa shape index (κ1) is 122. The minimum absolute atomic E-state index is 0. The van der Waals surface area contributed by atoms with E-state index in [1.807, 2.05) is 12.1 Å². The molecule has 10 N–H and O–H groups in total. The van der Waals surface area contributed by atoms with Crippen molar-refractivity contribution in [1.82, 2.24) is 86.8 Å². The standard InChI is InChI=1S/C22H17F2N8O2.C17H15F2N3O.C16H14F2N4O.C11H13F2N3O2.C11H11F2N3O.C5H6FN3O.C4H8O.ClH.10H2S/c23-13-8-16(29(9-13)20-17-19(26-10-25-17)27-11-28-20)21(33)32-12-30(14-4-2-1-3-5-14)22(34)18-15(24)6-7-31(18)32;18-12-7-6-11(10-12)16-20-21-9-8-14(19)15(21)17(23)22(16)13-4-2-1-3-5-13;17-10-8-13(19-9-10)15-20-21-7-6-12(18)14(21)16(23)22(15)11-4-2-1-3-5-11;12-7-2-1-6(5-7)11(18)15-16-4-3-8(13)9(16)10(14)17;12-7-2-1-6(5-7)10-14-11(17)9-8(13)3-4-16(9)15-10;6-3-1-2-9(8)4(3)5(7)10;1-2-4-5-3-1;;;;;;;;;;;/h1-7,10-13,16H,8-9H2,(H,25,26,27,28);1-5,8-9,11-12H,6-7,10H2;1-7,10,13,19H,8-9H2;3-4,6-7H,1-2,5H2,(H2,14,17)(H,15,18);3-4,6-7H,1-2,5H2,(H,14,15,17);1-2H,8H2,(H2,7,10);1-4H2;1H;10*1H2/q+1;;;;;;;;;;;;;;;;;/t13-,16-;11-,12+;10-,13-;2*6-,7+;;;;;;;;;;;;;/m00000............./s1. The van der Waals surface area contributed by atoms with Crippen molar-refractivity contribution in [3.8, 4) is 17.1 Å². The van der Waals surface area contributed by atoms with Gasteiger partial charge in [-0.05, 0) is 143 Å². The van der Waals surface area contributed by atoms with E-state index in [0.29, 0.717) is 103 Å². The number of ether oxygens (including phenoxy) is 1. The van der Waals surface area contributed by atoms with E-state index in [9.17, 15) is 86.7 Å². The van der Waals surface area contributed by atoms with Crippen LogP contribution in [0.4, 0.5) is 54.1 Å². The molecule has 3 amide bonds. The lowest BCUT2D eigenvalue weighted by molar-refractivity contribution is -0.615. The minimum Gasteiger partial charge on any atom is -0.381 e. The van der Waals surface area contributed by atoms with Crippen molar-refractivity contribution in [1.29, 1.82) is 0 Å². The average molecular weight is 2180 g/mol. The molecule has 0 spiro atoms. The maximum atomic E-state index is 14.6. The fourth-order valence-electron chi connectivity index (χ4n) is 16.4. The molecule has 0 radical (unpaired) electrons. The first-order chi connectivity index (χ1) is 62.6. The summed E-state index contributed by atoms with van der Waals surface area (Å²) >= 11 is 0. The molecule has 0 bridgehead atoms. The second-order valence-electron chi connectivity index (χ2n) is 31.3. The van der Waals surface area contributed by atoms with Crippen molar-refractivity contribution in [2.75, 3.05) is 42.5 Å². The van der Waals surface area contributed by atoms with Crippen molar-refractivity contribution in [2.45, 2.75) is 138 Å². The van der Waals surface area contributed by atoms with Crippen LogP contribution in [0.15, 0.2) is 203 Å². The smallest absolute Gasteiger partial charge is 0.369 e. The summed E-state index contributed by atoms with van der Waals surface area (Å²) in [5.74, 6) is -0.831. The maximum absolute atomic E-state index is 14.6. The zero-order chi connectivity index (χ0) is 91.9. The lowest BCUT2D eigenvalue weighted by atomic mass is 10.1. The molecule has 141 heavy (non-hydrogen) atoms. The van der Waals surface area contributed by atoms with Gasteiger partial charge in [0.05, 0.1) is 36.5 Å². The van der Waals surface area contributed by atoms with Crippen LogP contribution >= 0.6 is 147 Å². The van der Waals surface area contributed by atoms with E-state index < -0.39 is 135 Å². The monoisotopic (exact) mass is 2180 g/mol. The first-order valence-corrected chi connectivity index (χ1v) is 41.3. The molecule has 3 saturated heterocycles. The summed E-state index contributed by atoms with van der Waals surface area (Å²) in [6.45, 7) is 2.15. The van der Waals surface area contributed by atoms with E-state index in [2.05, 4.69) is 51.0 Å². The third-order valence-electron chi connectivity index (χ3n) is 22.7. The summed E-state index contributed by atoms with van der Waals surface area (Å²) in [6, 6.07) is 31.9. The largest absolute Gasteiger partial charge is 0.381 e. The number of hydrogen-bond acceptors (Lipinski definition) is 18. The second kappa shape index (κ2) is 54.5. The van der Waals surface area contributed by atoms with E-state index in [0.717, 1.165) is 50.0 Å². The number of carbonyl (C=O) groups excluding carboxylic acids is 4. The Morgan fingerprint density at radius 2 is 0.993 bits per heavy atom. The summed E-state index contributed by atoms with van der Waals surface area (Å²) in [4.78, 5) is 117. The SMILES string of the molecule is C1CCOC1.Cl.NC(=O)c1c(F)ccn1N.NC(=O)c1c(F)ccn1NC(=O)[C@H]1CC[C@@H](F)C1.O=C([C@@H]1C[C@H](F)CN1c1ncnc2nc[nH]c12)n1c[n+](-c2ccccc2)c(=O)c2c(F)ccn21.O=c1[nH]c([C@H]2CC[C@@H](F)C2)nn2ccc(F)c12.O=c1c2c(F)ccn2nc([C@@H]2C[C@H](F)CN2)n1-c1ccccc1.O=c1c2c(F)ccn2nc([C@H]2CC[C@@H](F)C2)n1-c1ccccc1.S.S.S.S.S.S.S.S.S.S. The molecule has 3 saturated carbocycles. The normalized spacial score (nSPS) is 18.7. The van der Waals surface area contributed by atoms with Gasteiger partial charge in [0, 0.05) is 81.3 Å². The number of H-pyrrole nitrogens is 2. The van der Waals surface area contributed by atoms with Gasteiger partial charge in [-0.2, -0.15) is 159 Å². The highest BCUT2D eigenvalue weighted by Crippen LogP contribution is 2.38. The molecule has 0 unspecified atom stereocenters. The first-order valence-electron chi connectivity index (χ1n) is 41.3. The number of benzene rings is 3. The van der Waals surface area contributed by atoms with Crippen molar-refractivity contribution >= 4 is 210 Å². The number of aromatic nitrogens is 18. The third-order valence-corrected chi connectivity index (χ3v) is 22.7. The van der Waals surface area contributed by atoms with Gasteiger partial charge in [0.15, 0.2) is 80.1 Å². The van der Waals surface area contributed by atoms with Crippen LogP contribution < -0.4 is 59.8 Å². The molecule has 6 aliphatic rings. The molecular formula is C86H105ClF11N24O9S10+. The number of para-hydroxylation sites is 3. The number of fused-ring (bicyclic) bond motifs is 5. The number of anilines is 1. The van der Waals surface area contributed by atoms with Gasteiger partial charge < -0.3 is 42.2 Å². The molecule has 3 aliphatic carbocycles. The summed E-state index contributed by atoms with van der Waals surface area (Å²) in [5, 5.41) is 15.9. The quantitative estimate of drug-likeness (QED) is 0.0339. The number of hydrogen-bond donors (Lipinski definition) is 7. The van der Waals surface area contributed by atoms with Crippen LogP contribution in [0, 0.1) is 40.8 Å². The van der Waals surface area contributed by atoms with Gasteiger partial charge in [0.1, 0.15) is 66.1 Å². The number of imidazole rings is 1. The topological polar surface area (TPSA) is 406 Å². The van der Waals surface area contributed by atoms with Gasteiger partial charge in [0.25, 0.3) is 34.8 Å². The van der Waals surface area contributed by atoms with Gasteiger partial charge in [-0.25, -0.2) is 86.4 Å². The Bertz CT molecular complexity index is 6770. The molecule has 12 aromatic heterocycles. The lowest BCUT2D eigenvalue weighted by Crippen LogP contribution is -2.52. The van der Waals surface area contributed by atoms with Crippen LogP contribution in [-0.2, 0) is 9.53 Å². The number of nitrogens with one attached hydrogen (secondary N) is 4. The third kappa shape index (κ3) is 27.3. The number of halogens is 12. The van der Waals surface area contributed by atoms with Crippen LogP contribution in [0.3, 0.4) is 0 Å². The van der Waals surface area contributed by atoms with Crippen LogP contribution in [0.25, 0.3) is 50.3 Å². The van der Waals surface area contributed by atoms with Gasteiger partial charge >= 0.3 is 11.5 Å². The second-order valence-corrected chi connectivity index (χ2v) is 31.3. The van der Waals surface area contributed by atoms with Crippen molar-refractivity contribution < 1.29 is 76.8 Å². The molecule has 15 heterocycles. The predicted molar refractivity (Wildman–Crippen MR) is 560 cm³/mol. The van der Waals surface area contributed by atoms with Crippen molar-refractivity contribution in [3.63, 3.8) is 0 Å². The highest BCUT2D eigenvalue weighted by molar-refractivity contribution is 7.60. The molecule has 766 valence electrons. The van der Waals surface area contributed by atoms with E-state index in [1.54, 1.807) is 83.8 Å². The summed E-state index contributed by atoms with van der Waals surface area (Å²) < 4.78 is 166. The van der Waals surface area contributed by atoms with E-state index in [-0.39, 0.29) is 219 Å². The van der Waals surface area contributed by atoms with E-state index in [4.69, 9.17) is 22.0 Å². The molecule has 3 aliphatic heterocycles. The van der Waals surface area contributed by atoms with Gasteiger partial charge in [-0.15, -0.1) is 12.4 Å². The summed E-state index contributed by atoms with van der Waals surface area (Å²) in [6.07, 6.45) is 13.6. The van der Waals surface area contributed by atoms with Crippen LogP contribution in [-0.4, -0.2) is 168 Å². The number of nitrogens with zero attached hydrogens (tertiary/aromatic N) is 17. The van der Waals surface area contributed by atoms with Gasteiger partial charge in [-0.1, -0.05) is 59.3 Å². The Kier molecular flexibility index (Phi) is 47.3. The number of aromatic amines is 2. The Morgan fingerprint density at radius 1 is 0.496 bits per heavy atom. The molecule has 55 heteroatoms. The molecule has 6 fully saturated rings. The van der Waals surface area contributed by atoms with Crippen molar-refractivity contribution in [2.24, 2.45) is 17.4 Å². The molecule has 3 aromatic carbocycles. The Balaban J connectivity index is 0.000000353. The number of carbonyl (C=O) groups is 4.